The molecule has 0 spiro atoms. The summed E-state index contributed by atoms with van der Waals surface area (Å²) < 4.78 is 7.44. The number of benzene rings is 1. The maximum atomic E-state index is 13.2. The fourth-order valence-electron chi connectivity index (χ4n) is 5.22. The zero-order valence-corrected chi connectivity index (χ0v) is 22.6. The molecule has 0 atom stereocenters. The number of aryl methyl sites for hydroxylation is 1. The molecule has 9 nitrogen and oxygen atoms in total. The first-order chi connectivity index (χ1) is 17.5. The number of hydrogen-bond acceptors (Lipinski definition) is 7. The molecule has 0 saturated heterocycles. The summed E-state index contributed by atoms with van der Waals surface area (Å²) in [6.45, 7) is 7.64. The molecule has 0 aliphatic heterocycles. The number of nitrogens with one attached hydrogen (secondary N) is 3. The van der Waals surface area contributed by atoms with Gasteiger partial charge in [0.05, 0.1) is 11.6 Å². The van der Waals surface area contributed by atoms with Crippen LogP contribution in [0.4, 0.5) is 10.6 Å². The second-order valence-electron chi connectivity index (χ2n) is 11.3. The van der Waals surface area contributed by atoms with Crippen molar-refractivity contribution in [3.63, 3.8) is 0 Å². The Balaban J connectivity index is 1.17. The van der Waals surface area contributed by atoms with Gasteiger partial charge >= 0.3 is 6.09 Å². The van der Waals surface area contributed by atoms with Gasteiger partial charge < -0.3 is 10.1 Å². The molecular weight excluding hydrogens is 488 g/mol. The van der Waals surface area contributed by atoms with Crippen molar-refractivity contribution in [1.82, 2.24) is 24.7 Å². The van der Waals surface area contributed by atoms with Gasteiger partial charge in [0, 0.05) is 16.6 Å². The van der Waals surface area contributed by atoms with Crippen molar-refractivity contribution < 1.29 is 14.3 Å². The Morgan fingerprint density at radius 1 is 1.03 bits per heavy atom. The highest BCUT2D eigenvalue weighted by Crippen LogP contribution is 2.52. The molecule has 0 unspecified atom stereocenters. The van der Waals surface area contributed by atoms with E-state index in [1.54, 1.807) is 18.1 Å². The molecule has 37 heavy (non-hydrogen) atoms. The molecule has 3 aliphatic carbocycles. The Labute approximate surface area is 221 Å². The number of fused-ring (bicyclic) bond motifs is 4. The molecule has 196 valence electrons. The molecule has 2 amide bonds. The second kappa shape index (κ2) is 9.55. The molecule has 1 aromatic carbocycles. The van der Waals surface area contributed by atoms with E-state index in [1.807, 2.05) is 37.0 Å². The fraction of sp³-hybridized carbons (Fsp3) is 0.481. The minimum Gasteiger partial charge on any atom is -0.444 e. The number of carbonyl (C=O) groups excluding carboxylic acids is 2. The number of alkyl carbamates (subject to hydrolysis) is 1. The van der Waals surface area contributed by atoms with E-state index in [9.17, 15) is 9.59 Å². The van der Waals surface area contributed by atoms with Crippen molar-refractivity contribution in [2.45, 2.75) is 82.3 Å². The predicted octanol–water partition coefficient (Wildman–Crippen LogP) is 5.36. The van der Waals surface area contributed by atoms with E-state index in [-0.39, 0.29) is 17.5 Å². The summed E-state index contributed by atoms with van der Waals surface area (Å²) in [5, 5.41) is 3.10. The zero-order valence-electron chi connectivity index (χ0n) is 21.8. The van der Waals surface area contributed by atoms with E-state index < -0.39 is 11.0 Å². The lowest BCUT2D eigenvalue weighted by Gasteiger charge is -2.52. The van der Waals surface area contributed by atoms with Crippen LogP contribution in [0.1, 0.15) is 64.9 Å². The van der Waals surface area contributed by atoms with Crippen LogP contribution in [-0.2, 0) is 9.53 Å². The lowest BCUT2D eigenvalue weighted by atomic mass is 9.57. The summed E-state index contributed by atoms with van der Waals surface area (Å²) in [7, 11) is 0. The molecule has 3 N–H and O–H groups in total. The second-order valence-corrected chi connectivity index (χ2v) is 12.3. The Morgan fingerprint density at radius 3 is 2.35 bits per heavy atom. The van der Waals surface area contributed by atoms with Crippen LogP contribution in [0.2, 0.25) is 0 Å². The molecular formula is C27H34N6O3S. The maximum absolute atomic E-state index is 13.2. The Hall–Kier alpha value is -3.27. The first-order valence-corrected chi connectivity index (χ1v) is 13.5. The zero-order chi connectivity index (χ0) is 26.3. The lowest BCUT2D eigenvalue weighted by Crippen LogP contribution is -2.60. The van der Waals surface area contributed by atoms with E-state index in [0.717, 1.165) is 54.6 Å². The number of amides is 2. The molecule has 3 aliphatic rings. The Bertz CT molecular complexity index is 1290. The summed E-state index contributed by atoms with van der Waals surface area (Å²) in [5.41, 5.74) is 7.31. The van der Waals surface area contributed by atoms with Gasteiger partial charge in [-0.05, 0) is 96.4 Å². The number of carbonyl (C=O) groups is 2. The molecule has 2 heterocycles. The standard InChI is InChI=1S/C27H34N6O3S/c1-18-5-7-19(8-6-18)37-33-16-9-20-22(33)28-17-21(29-20)31-32-23(34)26-10-13-27(14-11-26,15-12-26)30-24(35)36-25(2,3)4/h5-9,16-17H,10-15H2,1-4H3,(H,29,31)(H,30,35)(H,32,34). The van der Waals surface area contributed by atoms with Gasteiger partial charge in [0.2, 0.25) is 5.91 Å². The third-order valence-corrected chi connectivity index (χ3v) is 8.35. The van der Waals surface area contributed by atoms with Crippen molar-refractivity contribution >= 4 is 40.9 Å². The van der Waals surface area contributed by atoms with Gasteiger partial charge in [-0.3, -0.25) is 19.6 Å². The smallest absolute Gasteiger partial charge is 0.408 e. The van der Waals surface area contributed by atoms with Crippen molar-refractivity contribution in [2.24, 2.45) is 5.41 Å². The average Bonchev–Trinajstić information content (AvgIpc) is 3.25. The quantitative estimate of drug-likeness (QED) is 0.374. The topological polar surface area (TPSA) is 110 Å². The number of hydrogen-bond donors (Lipinski definition) is 3. The van der Waals surface area contributed by atoms with Gasteiger partial charge in [-0.1, -0.05) is 17.7 Å². The minimum atomic E-state index is -0.534. The van der Waals surface area contributed by atoms with Crippen LogP contribution in [0, 0.1) is 12.3 Å². The van der Waals surface area contributed by atoms with Crippen LogP contribution in [0.5, 0.6) is 0 Å². The normalized spacial score (nSPS) is 23.0. The van der Waals surface area contributed by atoms with E-state index in [2.05, 4.69) is 57.3 Å². The summed E-state index contributed by atoms with van der Waals surface area (Å²) in [4.78, 5) is 35.9. The highest BCUT2D eigenvalue weighted by Gasteiger charge is 2.53. The van der Waals surface area contributed by atoms with Crippen LogP contribution in [0.15, 0.2) is 47.6 Å². The molecule has 3 fully saturated rings. The average molecular weight is 523 g/mol. The summed E-state index contributed by atoms with van der Waals surface area (Å²) >= 11 is 1.58. The molecule has 10 heteroatoms. The van der Waals surface area contributed by atoms with Crippen molar-refractivity contribution in [1.29, 1.82) is 0 Å². The van der Waals surface area contributed by atoms with Crippen molar-refractivity contribution in [3.8, 4) is 0 Å². The molecule has 6 rings (SSSR count). The van der Waals surface area contributed by atoms with Gasteiger partial charge in [0.15, 0.2) is 11.5 Å². The van der Waals surface area contributed by atoms with E-state index >= 15 is 0 Å². The first kappa shape index (κ1) is 25.4. The monoisotopic (exact) mass is 522 g/mol. The van der Waals surface area contributed by atoms with Crippen LogP contribution in [-0.4, -0.2) is 37.1 Å². The molecule has 0 radical (unpaired) electrons. The maximum Gasteiger partial charge on any atom is 0.408 e. The first-order valence-electron chi connectivity index (χ1n) is 12.7. The van der Waals surface area contributed by atoms with Gasteiger partial charge in [0.25, 0.3) is 0 Å². The number of ether oxygens (including phenoxy) is 1. The molecule has 2 bridgehead atoms. The van der Waals surface area contributed by atoms with Gasteiger partial charge in [-0.15, -0.1) is 0 Å². The van der Waals surface area contributed by atoms with Gasteiger partial charge in [0.1, 0.15) is 11.1 Å². The van der Waals surface area contributed by atoms with E-state index in [1.165, 1.54) is 5.56 Å². The minimum absolute atomic E-state index is 0.0348. The fourth-order valence-corrected chi connectivity index (χ4v) is 6.06. The van der Waals surface area contributed by atoms with Crippen molar-refractivity contribution in [3.05, 3.63) is 48.3 Å². The number of nitrogens with zero attached hydrogens (tertiary/aromatic N) is 3. The third kappa shape index (κ3) is 5.53. The summed E-state index contributed by atoms with van der Waals surface area (Å²) in [6, 6.07) is 10.2. The lowest BCUT2D eigenvalue weighted by molar-refractivity contribution is -0.137. The van der Waals surface area contributed by atoms with Crippen LogP contribution in [0.3, 0.4) is 0 Å². The van der Waals surface area contributed by atoms with Crippen molar-refractivity contribution in [2.75, 3.05) is 5.43 Å². The number of aromatic nitrogens is 3. The highest BCUT2D eigenvalue weighted by atomic mass is 32.2. The van der Waals surface area contributed by atoms with Crippen LogP contribution >= 0.6 is 11.9 Å². The van der Waals surface area contributed by atoms with E-state index in [4.69, 9.17) is 4.74 Å². The van der Waals surface area contributed by atoms with Crippen LogP contribution in [0.25, 0.3) is 11.2 Å². The largest absolute Gasteiger partial charge is 0.444 e. The third-order valence-electron chi connectivity index (χ3n) is 7.38. The number of anilines is 1. The predicted molar refractivity (Wildman–Crippen MR) is 144 cm³/mol. The van der Waals surface area contributed by atoms with Gasteiger partial charge in [-0.25, -0.2) is 14.8 Å². The molecule has 3 aromatic rings. The van der Waals surface area contributed by atoms with Gasteiger partial charge in [-0.2, -0.15) is 0 Å². The van der Waals surface area contributed by atoms with Crippen LogP contribution < -0.4 is 16.2 Å². The highest BCUT2D eigenvalue weighted by molar-refractivity contribution is 7.98. The summed E-state index contributed by atoms with van der Waals surface area (Å²) in [5.74, 6) is 0.454. The number of hydrazine groups is 1. The molecule has 2 aromatic heterocycles. The number of rotatable bonds is 6. The Morgan fingerprint density at radius 2 is 1.70 bits per heavy atom. The Kier molecular flexibility index (Phi) is 6.55. The van der Waals surface area contributed by atoms with E-state index in [0.29, 0.717) is 5.82 Å². The SMILES string of the molecule is Cc1ccc(Sn2ccc3nc(NNC(=O)C45CCC(NC(=O)OC(C)(C)C)(CC4)CC5)cnc32)cc1. The molecule has 3 saturated carbocycles. The summed E-state index contributed by atoms with van der Waals surface area (Å²) in [6.07, 6.45) is 7.64.